The molecule has 78 valence electrons. The van der Waals surface area contributed by atoms with Crippen LogP contribution >= 0.6 is 15.9 Å². The second kappa shape index (κ2) is 4.61. The predicted octanol–water partition coefficient (Wildman–Crippen LogP) is 2.06. The Labute approximate surface area is 90.1 Å². The molecule has 3 nitrogen and oxygen atoms in total. The SMILES string of the molecule is COc1cc(F)c(CN)c(Br)c1OC. The Balaban J connectivity index is 3.39. The topological polar surface area (TPSA) is 44.5 Å². The molecule has 0 aliphatic heterocycles. The third kappa shape index (κ3) is 1.83. The number of hydrogen-bond acceptors (Lipinski definition) is 3. The van der Waals surface area contributed by atoms with Gasteiger partial charge in [0.05, 0.1) is 18.7 Å². The molecule has 0 spiro atoms. The van der Waals surface area contributed by atoms with Crippen molar-refractivity contribution in [2.75, 3.05) is 14.2 Å². The first kappa shape index (κ1) is 11.3. The van der Waals surface area contributed by atoms with Crippen LogP contribution in [0.25, 0.3) is 0 Å². The highest BCUT2D eigenvalue weighted by atomic mass is 79.9. The Kier molecular flexibility index (Phi) is 3.71. The standard InChI is InChI=1S/C9H11BrFNO2/c1-13-7-3-6(11)5(4-12)8(10)9(7)14-2/h3H,4,12H2,1-2H3. The molecule has 0 radical (unpaired) electrons. The minimum atomic E-state index is -0.406. The van der Waals surface area contributed by atoms with Gasteiger partial charge in [-0.25, -0.2) is 4.39 Å². The lowest BCUT2D eigenvalue weighted by atomic mass is 10.2. The molecule has 0 bridgehead atoms. The maximum atomic E-state index is 13.4. The van der Waals surface area contributed by atoms with Crippen LogP contribution in [0.15, 0.2) is 10.5 Å². The molecule has 0 aliphatic rings. The van der Waals surface area contributed by atoms with Crippen LogP contribution in [-0.4, -0.2) is 14.2 Å². The van der Waals surface area contributed by atoms with Crippen molar-refractivity contribution in [1.29, 1.82) is 0 Å². The van der Waals surface area contributed by atoms with Crippen LogP contribution in [0, 0.1) is 5.82 Å². The van der Waals surface area contributed by atoms with Gasteiger partial charge in [0.15, 0.2) is 11.5 Å². The number of benzene rings is 1. The Morgan fingerprint density at radius 1 is 1.43 bits per heavy atom. The largest absolute Gasteiger partial charge is 0.493 e. The molecule has 1 aromatic carbocycles. The molecule has 5 heteroatoms. The average Bonchev–Trinajstić information content (AvgIpc) is 2.17. The molecule has 0 saturated carbocycles. The summed E-state index contributed by atoms with van der Waals surface area (Å²) >= 11 is 3.22. The molecule has 1 rings (SSSR count). The van der Waals surface area contributed by atoms with Crippen LogP contribution in [0.3, 0.4) is 0 Å². The first-order valence-corrected chi connectivity index (χ1v) is 4.73. The normalized spacial score (nSPS) is 10.1. The van der Waals surface area contributed by atoms with Crippen molar-refractivity contribution < 1.29 is 13.9 Å². The van der Waals surface area contributed by atoms with Gasteiger partial charge in [0.2, 0.25) is 0 Å². The predicted molar refractivity (Wildman–Crippen MR) is 55.1 cm³/mol. The van der Waals surface area contributed by atoms with Crippen molar-refractivity contribution in [3.05, 3.63) is 21.9 Å². The lowest BCUT2D eigenvalue weighted by Gasteiger charge is -2.12. The van der Waals surface area contributed by atoms with Crippen molar-refractivity contribution in [3.8, 4) is 11.5 Å². The Bertz CT molecular complexity index is 344. The van der Waals surface area contributed by atoms with Crippen LogP contribution in [0.4, 0.5) is 4.39 Å². The van der Waals surface area contributed by atoms with Gasteiger partial charge in [0, 0.05) is 18.2 Å². The zero-order valence-corrected chi connectivity index (χ0v) is 9.52. The van der Waals surface area contributed by atoms with Crippen LogP contribution < -0.4 is 15.2 Å². The van der Waals surface area contributed by atoms with E-state index in [-0.39, 0.29) is 6.54 Å². The average molecular weight is 264 g/mol. The summed E-state index contributed by atoms with van der Waals surface area (Å²) in [5.74, 6) is 0.389. The molecule has 14 heavy (non-hydrogen) atoms. The lowest BCUT2D eigenvalue weighted by molar-refractivity contribution is 0.349. The van der Waals surface area contributed by atoms with E-state index in [4.69, 9.17) is 15.2 Å². The lowest BCUT2D eigenvalue weighted by Crippen LogP contribution is -2.04. The Morgan fingerprint density at radius 2 is 2.07 bits per heavy atom. The smallest absolute Gasteiger partial charge is 0.175 e. The van der Waals surface area contributed by atoms with Gasteiger partial charge in [-0.05, 0) is 15.9 Å². The van der Waals surface area contributed by atoms with Gasteiger partial charge in [-0.15, -0.1) is 0 Å². The van der Waals surface area contributed by atoms with Gasteiger partial charge in [-0.3, -0.25) is 0 Å². The van der Waals surface area contributed by atoms with E-state index in [2.05, 4.69) is 15.9 Å². The molecule has 0 aromatic heterocycles. The summed E-state index contributed by atoms with van der Waals surface area (Å²) in [4.78, 5) is 0. The molecule has 2 N–H and O–H groups in total. The first-order chi connectivity index (χ1) is 6.65. The van der Waals surface area contributed by atoms with Crippen LogP contribution in [-0.2, 0) is 6.54 Å². The van der Waals surface area contributed by atoms with Gasteiger partial charge in [-0.2, -0.15) is 0 Å². The second-order valence-electron chi connectivity index (χ2n) is 2.59. The van der Waals surface area contributed by atoms with E-state index in [0.29, 0.717) is 21.5 Å². The zero-order chi connectivity index (χ0) is 10.7. The van der Waals surface area contributed by atoms with Gasteiger partial charge in [0.1, 0.15) is 5.82 Å². The highest BCUT2D eigenvalue weighted by Gasteiger charge is 2.16. The third-order valence-corrected chi connectivity index (χ3v) is 2.70. The van der Waals surface area contributed by atoms with Crippen LogP contribution in [0.5, 0.6) is 11.5 Å². The molecule has 0 amide bonds. The summed E-state index contributed by atoms with van der Waals surface area (Å²) in [6.07, 6.45) is 0. The fourth-order valence-electron chi connectivity index (χ4n) is 1.15. The van der Waals surface area contributed by atoms with Gasteiger partial charge in [-0.1, -0.05) is 0 Å². The van der Waals surface area contributed by atoms with E-state index >= 15 is 0 Å². The second-order valence-corrected chi connectivity index (χ2v) is 3.38. The van der Waals surface area contributed by atoms with Gasteiger partial charge >= 0.3 is 0 Å². The summed E-state index contributed by atoms with van der Waals surface area (Å²) in [6.45, 7) is 0.104. The number of nitrogens with two attached hydrogens (primary N) is 1. The quantitative estimate of drug-likeness (QED) is 0.908. The minimum Gasteiger partial charge on any atom is -0.493 e. The van der Waals surface area contributed by atoms with Gasteiger partial charge < -0.3 is 15.2 Å². The molecule has 0 fully saturated rings. The number of rotatable bonds is 3. The molecular formula is C9H11BrFNO2. The molecule has 0 aliphatic carbocycles. The van der Waals surface area contributed by atoms with E-state index in [0.717, 1.165) is 0 Å². The van der Waals surface area contributed by atoms with Crippen molar-refractivity contribution in [1.82, 2.24) is 0 Å². The fourth-order valence-corrected chi connectivity index (χ4v) is 1.86. The summed E-state index contributed by atoms with van der Waals surface area (Å²) in [6, 6.07) is 1.26. The monoisotopic (exact) mass is 263 g/mol. The fraction of sp³-hybridized carbons (Fsp3) is 0.333. The minimum absolute atomic E-state index is 0.104. The zero-order valence-electron chi connectivity index (χ0n) is 7.93. The maximum absolute atomic E-state index is 13.4. The maximum Gasteiger partial charge on any atom is 0.175 e. The Morgan fingerprint density at radius 3 is 2.50 bits per heavy atom. The molecule has 0 unspecified atom stereocenters. The number of hydrogen-bond donors (Lipinski definition) is 1. The summed E-state index contributed by atoms with van der Waals surface area (Å²) in [7, 11) is 2.94. The molecule has 0 atom stereocenters. The summed E-state index contributed by atoms with van der Waals surface area (Å²) in [5, 5.41) is 0. The first-order valence-electron chi connectivity index (χ1n) is 3.94. The van der Waals surface area contributed by atoms with Crippen LogP contribution in [0.2, 0.25) is 0 Å². The van der Waals surface area contributed by atoms with Crippen LogP contribution in [0.1, 0.15) is 5.56 Å². The van der Waals surface area contributed by atoms with Crippen molar-refractivity contribution in [2.24, 2.45) is 5.73 Å². The third-order valence-electron chi connectivity index (χ3n) is 1.86. The number of halogens is 2. The highest BCUT2D eigenvalue weighted by Crippen LogP contribution is 2.38. The van der Waals surface area contributed by atoms with E-state index in [9.17, 15) is 4.39 Å². The molecule has 0 saturated heterocycles. The molecule has 0 heterocycles. The van der Waals surface area contributed by atoms with E-state index in [1.807, 2.05) is 0 Å². The Hall–Kier alpha value is -0.810. The van der Waals surface area contributed by atoms with Crippen molar-refractivity contribution in [2.45, 2.75) is 6.54 Å². The number of methoxy groups -OCH3 is 2. The van der Waals surface area contributed by atoms with Gasteiger partial charge in [0.25, 0.3) is 0 Å². The summed E-state index contributed by atoms with van der Waals surface area (Å²) in [5.41, 5.74) is 5.78. The van der Waals surface area contributed by atoms with Crippen molar-refractivity contribution >= 4 is 15.9 Å². The molecule has 1 aromatic rings. The van der Waals surface area contributed by atoms with E-state index in [1.54, 1.807) is 0 Å². The van der Waals surface area contributed by atoms with Crippen molar-refractivity contribution in [3.63, 3.8) is 0 Å². The number of ether oxygens (including phenoxy) is 2. The van der Waals surface area contributed by atoms with E-state index in [1.165, 1.54) is 20.3 Å². The highest BCUT2D eigenvalue weighted by molar-refractivity contribution is 9.10. The summed E-state index contributed by atoms with van der Waals surface area (Å²) < 4.78 is 23.9. The van der Waals surface area contributed by atoms with E-state index < -0.39 is 5.82 Å². The molecular weight excluding hydrogens is 253 g/mol.